The molecule has 2 aliphatic rings. The molecule has 0 spiro atoms. The summed E-state index contributed by atoms with van der Waals surface area (Å²) in [7, 11) is -6.14. The van der Waals surface area contributed by atoms with Crippen molar-refractivity contribution in [3.05, 3.63) is 130 Å². The number of Topliss-reactive ketones (excluding diaryl/α,β-unsaturated/α-hetero) is 2. The van der Waals surface area contributed by atoms with Gasteiger partial charge in [0.2, 0.25) is 22.2 Å². The van der Waals surface area contributed by atoms with E-state index in [0.717, 1.165) is 52.5 Å². The molecule has 104 heavy (non-hydrogen) atoms. The lowest BCUT2D eigenvalue weighted by atomic mass is 10.1. The third-order valence-corrected chi connectivity index (χ3v) is 20.4. The van der Waals surface area contributed by atoms with Gasteiger partial charge in [0.05, 0.1) is 94.1 Å². The van der Waals surface area contributed by atoms with Crippen LogP contribution in [0.25, 0.3) is 12.2 Å². The molecule has 2 saturated heterocycles. The van der Waals surface area contributed by atoms with Gasteiger partial charge < -0.3 is 59.8 Å². The summed E-state index contributed by atoms with van der Waals surface area (Å²) >= 11 is 3.47. The van der Waals surface area contributed by atoms with Crippen LogP contribution in [0, 0.1) is 0 Å². The summed E-state index contributed by atoms with van der Waals surface area (Å²) in [4.78, 5) is 86.9. The van der Waals surface area contributed by atoms with Crippen molar-refractivity contribution in [1.82, 2.24) is 24.9 Å². The summed E-state index contributed by atoms with van der Waals surface area (Å²) in [5, 5.41) is 31.5. The SMILES string of the molecule is CCN(CC)c1cc(Nc2nc(Nc3cc(N(CC)CC)c(OC)cc3N=Nc3nc(N4CCOCC4)c(/C=C(\C(C)=O)C(=O)Nc4cccc(S(=O)(=O)O)c4)s3)nc(SCc3ccccc3)n2)c(N=Nc2nc(N3CCOCC3)c(/C=C(/C(C)=O)C(=O)Nc3cccc(S(=O)(=O)O)c3)s2)cc1OC. The van der Waals surface area contributed by atoms with E-state index >= 15 is 0 Å². The number of rotatable bonds is 31. The van der Waals surface area contributed by atoms with E-state index in [1.54, 1.807) is 26.4 Å². The van der Waals surface area contributed by atoms with Crippen LogP contribution in [0.15, 0.2) is 150 Å². The molecule has 5 heterocycles. The monoisotopic (exact) mass is 1510 g/mol. The van der Waals surface area contributed by atoms with E-state index in [2.05, 4.69) is 41.3 Å². The first kappa shape index (κ1) is 76.5. The number of hydrogen-bond donors (Lipinski definition) is 6. The summed E-state index contributed by atoms with van der Waals surface area (Å²) in [5.74, 6) is -0.567. The van der Waals surface area contributed by atoms with Crippen LogP contribution in [-0.4, -0.2) is 167 Å². The second-order valence-corrected chi connectivity index (χ2v) is 28.6. The van der Waals surface area contributed by atoms with Crippen LogP contribution in [0.4, 0.5) is 79.3 Å². The number of thioether (sulfide) groups is 1. The molecule has 3 aromatic heterocycles. The number of amides is 2. The molecular formula is C68H75N17O14S5. The molecule has 546 valence electrons. The Kier molecular flexibility index (Phi) is 25.6. The number of methoxy groups -OCH3 is 2. The Morgan fingerprint density at radius 3 is 1.36 bits per heavy atom. The Balaban J connectivity index is 1.05. The minimum atomic E-state index is -4.61. The lowest BCUT2D eigenvalue weighted by Gasteiger charge is -2.27. The molecule has 0 unspecified atom stereocenters. The summed E-state index contributed by atoms with van der Waals surface area (Å²) in [5.41, 5.74) is 3.13. The molecule has 6 N–H and O–H groups in total. The Bertz CT molecular complexity index is 4570. The number of morpholine rings is 2. The van der Waals surface area contributed by atoms with Gasteiger partial charge in [0.25, 0.3) is 32.1 Å². The fourth-order valence-electron chi connectivity index (χ4n) is 10.8. The number of ketones is 2. The van der Waals surface area contributed by atoms with E-state index in [-0.39, 0.29) is 56.1 Å². The highest BCUT2D eigenvalue weighted by atomic mass is 32.2. The summed E-state index contributed by atoms with van der Waals surface area (Å²) in [6, 6.07) is 26.9. The standard InChI is InChI=1S/C68H75N17O14S5/c1-9-82(10-2)54-36-50(52(38-56(54)96-7)78-80-67-73-60(84-24-28-98-29-25-84)58(101-67)34-48(41(5)86)62(88)69-44-20-16-22-46(32-44)103(90,91)92)71-64-75-65(77-66(76-64)100-40-43-18-14-13-15-19-43)72-51-37-55(83(11-3)12-4)57(97-8)39-53(51)79-81-68-74-61(85-26-30-99-31-27-85)59(102-68)35-49(42(6)87)63(89)70-45-21-17-23-47(33-45)104(93,94)95/h13-23,32-39H,9-12,24-31,40H2,1-8H3,(H,69,88)(H,70,89)(H,90,91,92)(H,93,94,95)(H2,71,72,75,76,77)/b48-34-,49-35+,80-78?,81-79?. The van der Waals surface area contributed by atoms with Crippen molar-refractivity contribution in [2.24, 2.45) is 20.5 Å². The van der Waals surface area contributed by atoms with Crippen LogP contribution in [0.5, 0.6) is 11.5 Å². The van der Waals surface area contributed by atoms with Crippen molar-refractivity contribution in [2.75, 3.05) is 134 Å². The molecule has 0 radical (unpaired) electrons. The number of nitrogens with one attached hydrogen (secondary N) is 4. The molecule has 2 fully saturated rings. The maximum atomic E-state index is 13.9. The maximum absolute atomic E-state index is 13.9. The van der Waals surface area contributed by atoms with Gasteiger partial charge in [-0.1, -0.05) is 76.9 Å². The van der Waals surface area contributed by atoms with Crippen LogP contribution in [-0.2, 0) is 54.6 Å². The van der Waals surface area contributed by atoms with Crippen LogP contribution in [0.2, 0.25) is 0 Å². The van der Waals surface area contributed by atoms with Crippen LogP contribution < -0.4 is 50.3 Å². The number of nitrogens with zero attached hydrogens (tertiary/aromatic N) is 13. The molecular weight excluding hydrogens is 1440 g/mol. The van der Waals surface area contributed by atoms with Crippen molar-refractivity contribution in [2.45, 2.75) is 62.2 Å². The first-order chi connectivity index (χ1) is 49.9. The smallest absolute Gasteiger partial charge is 0.294 e. The van der Waals surface area contributed by atoms with Gasteiger partial charge in [-0.05, 0) is 108 Å². The summed E-state index contributed by atoms with van der Waals surface area (Å²) < 4.78 is 90.5. The first-order valence-electron chi connectivity index (χ1n) is 32.6. The fourth-order valence-corrected chi connectivity index (χ4v) is 14.4. The zero-order chi connectivity index (χ0) is 74.2. The number of azo groups is 2. The van der Waals surface area contributed by atoms with Crippen molar-refractivity contribution in [1.29, 1.82) is 0 Å². The minimum Gasteiger partial charge on any atom is -0.494 e. The Labute approximate surface area is 612 Å². The lowest BCUT2D eigenvalue weighted by Crippen LogP contribution is -2.36. The zero-order valence-electron chi connectivity index (χ0n) is 57.8. The second kappa shape index (κ2) is 34.9. The number of carbonyl (C=O) groups is 4. The number of ether oxygens (including phenoxy) is 4. The molecule has 0 aliphatic carbocycles. The van der Waals surface area contributed by atoms with Gasteiger partial charge in [0.15, 0.2) is 16.7 Å². The summed E-state index contributed by atoms with van der Waals surface area (Å²) in [6.07, 6.45) is 2.79. The minimum absolute atomic E-state index is 0.0151. The Morgan fingerprint density at radius 2 is 0.981 bits per heavy atom. The molecule has 2 aliphatic heterocycles. The first-order valence-corrected chi connectivity index (χ1v) is 38.1. The number of aromatic nitrogens is 5. The van der Waals surface area contributed by atoms with Crippen LogP contribution in [0.3, 0.4) is 0 Å². The molecule has 2 amide bonds. The van der Waals surface area contributed by atoms with Crippen molar-refractivity contribution in [3.63, 3.8) is 0 Å². The average Bonchev–Trinajstić information content (AvgIpc) is 1.61. The third kappa shape index (κ3) is 19.6. The molecule has 31 nitrogen and oxygen atoms in total. The highest BCUT2D eigenvalue weighted by molar-refractivity contribution is 7.98. The van der Waals surface area contributed by atoms with Crippen molar-refractivity contribution < 1.29 is 64.1 Å². The molecule has 0 bridgehead atoms. The van der Waals surface area contributed by atoms with Gasteiger partial charge in [-0.3, -0.25) is 28.3 Å². The van der Waals surface area contributed by atoms with E-state index in [1.807, 2.05) is 80.0 Å². The zero-order valence-corrected chi connectivity index (χ0v) is 61.9. The Hall–Kier alpha value is -10.2. The second-order valence-electron chi connectivity index (χ2n) is 22.8. The van der Waals surface area contributed by atoms with Gasteiger partial charge in [-0.2, -0.15) is 41.8 Å². The predicted octanol–water partition coefficient (Wildman–Crippen LogP) is 12.5. The van der Waals surface area contributed by atoms with Crippen molar-refractivity contribution >= 4 is 169 Å². The molecule has 5 aromatic carbocycles. The highest BCUT2D eigenvalue weighted by Crippen LogP contribution is 2.45. The van der Waals surface area contributed by atoms with E-state index in [4.69, 9.17) is 54.1 Å². The van der Waals surface area contributed by atoms with E-state index < -0.39 is 53.4 Å². The predicted molar refractivity (Wildman–Crippen MR) is 401 cm³/mol. The van der Waals surface area contributed by atoms with Crippen LogP contribution >= 0.6 is 34.4 Å². The number of hydrogen-bond acceptors (Lipinski definition) is 30. The van der Waals surface area contributed by atoms with Gasteiger partial charge in [0, 0.05) is 81.6 Å². The molecule has 8 aromatic rings. The Morgan fingerprint density at radius 1 is 0.567 bits per heavy atom. The van der Waals surface area contributed by atoms with E-state index in [1.165, 1.54) is 62.0 Å². The fraction of sp³-hybridized carbons (Fsp3) is 0.309. The largest absolute Gasteiger partial charge is 0.494 e. The van der Waals surface area contributed by atoms with Gasteiger partial charge in [0.1, 0.15) is 34.5 Å². The molecule has 0 atom stereocenters. The number of carbonyl (C=O) groups excluding carboxylic acids is 4. The third-order valence-electron chi connectivity index (χ3n) is 16.1. The highest BCUT2D eigenvalue weighted by Gasteiger charge is 2.28. The maximum Gasteiger partial charge on any atom is 0.294 e. The van der Waals surface area contributed by atoms with Gasteiger partial charge >= 0.3 is 0 Å². The van der Waals surface area contributed by atoms with Gasteiger partial charge in [-0.15, -0.1) is 20.5 Å². The molecule has 0 saturated carbocycles. The van der Waals surface area contributed by atoms with E-state index in [0.29, 0.717) is 145 Å². The van der Waals surface area contributed by atoms with Crippen LogP contribution in [0.1, 0.15) is 56.9 Å². The molecule has 10 rings (SSSR count). The summed E-state index contributed by atoms with van der Waals surface area (Å²) in [6.45, 7) is 16.0. The molecule has 36 heteroatoms. The van der Waals surface area contributed by atoms with Gasteiger partial charge in [-0.25, -0.2) is 0 Å². The van der Waals surface area contributed by atoms with Crippen molar-refractivity contribution in [3.8, 4) is 11.5 Å². The quantitative estimate of drug-likeness (QED) is 0.00587. The number of thiazole rings is 2. The topological polar surface area (TPSA) is 389 Å². The number of anilines is 10. The lowest BCUT2D eigenvalue weighted by molar-refractivity contribution is -0.120. The van der Waals surface area contributed by atoms with E-state index in [9.17, 15) is 45.1 Å². The average molecular weight is 1510 g/mol. The normalized spacial score (nSPS) is 13.8. The number of benzene rings is 5.